The number of aromatic nitrogens is 1. The highest BCUT2D eigenvalue weighted by atomic mass is 79.9. The normalized spacial score (nSPS) is 10.3. The second kappa shape index (κ2) is 5.47. The van der Waals surface area contributed by atoms with E-state index in [1.54, 1.807) is 0 Å². The minimum Gasteiger partial charge on any atom is -0.471 e. The van der Waals surface area contributed by atoms with Gasteiger partial charge in [0, 0.05) is 10.7 Å². The number of hydrogen-bond acceptors (Lipinski definition) is 2. The lowest BCUT2D eigenvalue weighted by atomic mass is 10.2. The summed E-state index contributed by atoms with van der Waals surface area (Å²) in [5.74, 6) is -0.605. The van der Waals surface area contributed by atoms with Gasteiger partial charge in [-0.3, -0.25) is 0 Å². The Bertz CT molecular complexity index is 518. The van der Waals surface area contributed by atoms with Crippen molar-refractivity contribution in [3.8, 4) is 5.88 Å². The Morgan fingerprint density at radius 3 is 2.65 bits per heavy atom. The number of halogens is 3. The predicted molar refractivity (Wildman–Crippen MR) is 67.7 cm³/mol. The van der Waals surface area contributed by atoms with Crippen molar-refractivity contribution in [2.24, 2.45) is 0 Å². The molecule has 2 rings (SSSR count). The average Bonchev–Trinajstić information content (AvgIpc) is 2.30. The Morgan fingerprint density at radius 1 is 1.29 bits per heavy atom. The summed E-state index contributed by atoms with van der Waals surface area (Å²) in [6, 6.07) is 8.73. The smallest absolute Gasteiger partial charge is 0.250 e. The third-order valence-corrected chi connectivity index (χ3v) is 2.80. The maximum absolute atomic E-state index is 13.3. The minimum atomic E-state index is -0.561. The van der Waals surface area contributed by atoms with Gasteiger partial charge >= 0.3 is 0 Å². The molecule has 17 heavy (non-hydrogen) atoms. The van der Waals surface area contributed by atoms with E-state index in [1.807, 2.05) is 24.3 Å². The number of pyridine rings is 1. The standard InChI is InChI=1S/C12H8BrClFNO/c13-9-3-1-8(2-4-9)7-17-12-11(15)5-10(14)6-16-12/h1-6H,7H2. The van der Waals surface area contributed by atoms with Crippen LogP contribution in [0.4, 0.5) is 4.39 Å². The highest BCUT2D eigenvalue weighted by Crippen LogP contribution is 2.19. The van der Waals surface area contributed by atoms with Crippen molar-refractivity contribution in [1.29, 1.82) is 0 Å². The van der Waals surface area contributed by atoms with Crippen molar-refractivity contribution in [2.45, 2.75) is 6.61 Å². The lowest BCUT2D eigenvalue weighted by Gasteiger charge is -2.06. The third-order valence-electron chi connectivity index (χ3n) is 2.06. The molecule has 0 amide bonds. The summed E-state index contributed by atoms with van der Waals surface area (Å²) in [6.45, 7) is 0.263. The fourth-order valence-corrected chi connectivity index (χ4v) is 1.65. The second-order valence-corrected chi connectivity index (χ2v) is 4.71. The van der Waals surface area contributed by atoms with Gasteiger partial charge in [0.1, 0.15) is 6.61 Å². The van der Waals surface area contributed by atoms with Crippen LogP contribution in [-0.2, 0) is 6.61 Å². The molecule has 2 aromatic rings. The lowest BCUT2D eigenvalue weighted by Crippen LogP contribution is -1.99. The first-order valence-electron chi connectivity index (χ1n) is 4.83. The fraction of sp³-hybridized carbons (Fsp3) is 0.0833. The molecule has 2 nitrogen and oxygen atoms in total. The summed E-state index contributed by atoms with van der Waals surface area (Å²) < 4.78 is 19.6. The van der Waals surface area contributed by atoms with Crippen LogP contribution in [0.1, 0.15) is 5.56 Å². The van der Waals surface area contributed by atoms with Crippen LogP contribution in [0.5, 0.6) is 5.88 Å². The maximum Gasteiger partial charge on any atom is 0.250 e. The van der Waals surface area contributed by atoms with Gasteiger partial charge in [0.15, 0.2) is 5.82 Å². The average molecular weight is 317 g/mol. The van der Waals surface area contributed by atoms with Crippen molar-refractivity contribution in [1.82, 2.24) is 4.98 Å². The number of rotatable bonds is 3. The topological polar surface area (TPSA) is 22.1 Å². The summed E-state index contributed by atoms with van der Waals surface area (Å²) in [6.07, 6.45) is 1.35. The van der Waals surface area contributed by atoms with Crippen LogP contribution < -0.4 is 4.74 Å². The Hall–Kier alpha value is -1.13. The molecule has 0 saturated heterocycles. The van der Waals surface area contributed by atoms with Gasteiger partial charge in [-0.15, -0.1) is 0 Å². The lowest BCUT2D eigenvalue weighted by molar-refractivity contribution is 0.277. The maximum atomic E-state index is 13.3. The number of benzene rings is 1. The fourth-order valence-electron chi connectivity index (χ4n) is 1.24. The van der Waals surface area contributed by atoms with Crippen LogP contribution >= 0.6 is 27.5 Å². The van der Waals surface area contributed by atoms with Gasteiger partial charge < -0.3 is 4.74 Å². The predicted octanol–water partition coefficient (Wildman–Crippen LogP) is 4.22. The van der Waals surface area contributed by atoms with Gasteiger partial charge in [-0.1, -0.05) is 39.7 Å². The molecule has 0 spiro atoms. The molecule has 0 radical (unpaired) electrons. The molecule has 0 aliphatic heterocycles. The van der Waals surface area contributed by atoms with E-state index in [1.165, 1.54) is 12.3 Å². The molecule has 0 aliphatic rings. The summed E-state index contributed by atoms with van der Waals surface area (Å²) in [7, 11) is 0. The van der Waals surface area contributed by atoms with E-state index in [-0.39, 0.29) is 17.5 Å². The SMILES string of the molecule is Fc1cc(Cl)cnc1OCc1ccc(Br)cc1. The Labute approximate surface area is 112 Å². The summed E-state index contributed by atoms with van der Waals surface area (Å²) in [4.78, 5) is 3.77. The van der Waals surface area contributed by atoms with Gasteiger partial charge in [0.2, 0.25) is 0 Å². The highest BCUT2D eigenvalue weighted by molar-refractivity contribution is 9.10. The Balaban J connectivity index is 2.04. The minimum absolute atomic E-state index is 0.0441. The zero-order chi connectivity index (χ0) is 12.3. The highest BCUT2D eigenvalue weighted by Gasteiger charge is 2.05. The summed E-state index contributed by atoms with van der Waals surface area (Å²) in [5, 5.41) is 0.249. The van der Waals surface area contributed by atoms with Crippen LogP contribution in [-0.4, -0.2) is 4.98 Å². The number of ether oxygens (including phenoxy) is 1. The quantitative estimate of drug-likeness (QED) is 0.846. The molecule has 0 saturated carbocycles. The molecule has 1 aromatic heterocycles. The zero-order valence-electron chi connectivity index (χ0n) is 8.66. The molecule has 0 bridgehead atoms. The molecule has 5 heteroatoms. The van der Waals surface area contributed by atoms with E-state index in [0.29, 0.717) is 0 Å². The van der Waals surface area contributed by atoms with E-state index in [9.17, 15) is 4.39 Å². The van der Waals surface area contributed by atoms with E-state index < -0.39 is 5.82 Å². The first-order valence-corrected chi connectivity index (χ1v) is 6.00. The Morgan fingerprint density at radius 2 is 2.00 bits per heavy atom. The molecule has 1 heterocycles. The van der Waals surface area contributed by atoms with Crippen molar-refractivity contribution in [3.05, 3.63) is 57.4 Å². The molecular weight excluding hydrogens is 308 g/mol. The van der Waals surface area contributed by atoms with Crippen LogP contribution in [0, 0.1) is 5.82 Å². The van der Waals surface area contributed by atoms with Crippen LogP contribution in [0.3, 0.4) is 0 Å². The monoisotopic (exact) mass is 315 g/mol. The van der Waals surface area contributed by atoms with Crippen molar-refractivity contribution < 1.29 is 9.13 Å². The molecule has 88 valence electrons. The van der Waals surface area contributed by atoms with Crippen molar-refractivity contribution in [3.63, 3.8) is 0 Å². The molecule has 0 aliphatic carbocycles. The van der Waals surface area contributed by atoms with Gasteiger partial charge in [0.25, 0.3) is 5.88 Å². The van der Waals surface area contributed by atoms with Gasteiger partial charge in [0.05, 0.1) is 5.02 Å². The van der Waals surface area contributed by atoms with Crippen molar-refractivity contribution in [2.75, 3.05) is 0 Å². The first-order chi connectivity index (χ1) is 8.15. The summed E-state index contributed by atoms with van der Waals surface area (Å²) >= 11 is 8.92. The van der Waals surface area contributed by atoms with E-state index in [0.717, 1.165) is 10.0 Å². The van der Waals surface area contributed by atoms with Crippen molar-refractivity contribution >= 4 is 27.5 Å². The third kappa shape index (κ3) is 3.41. The molecule has 0 unspecified atom stereocenters. The molecule has 0 atom stereocenters. The van der Waals surface area contributed by atoms with E-state index >= 15 is 0 Å². The van der Waals surface area contributed by atoms with Crippen LogP contribution in [0.15, 0.2) is 41.0 Å². The number of nitrogens with zero attached hydrogens (tertiary/aromatic N) is 1. The molecule has 0 fully saturated rings. The Kier molecular flexibility index (Phi) is 3.97. The van der Waals surface area contributed by atoms with Crippen LogP contribution in [0.2, 0.25) is 5.02 Å². The molecule has 0 N–H and O–H groups in total. The second-order valence-electron chi connectivity index (χ2n) is 3.36. The van der Waals surface area contributed by atoms with E-state index in [4.69, 9.17) is 16.3 Å². The zero-order valence-corrected chi connectivity index (χ0v) is 11.0. The van der Waals surface area contributed by atoms with Gasteiger partial charge in [-0.2, -0.15) is 0 Å². The van der Waals surface area contributed by atoms with Gasteiger partial charge in [-0.05, 0) is 23.8 Å². The molecule has 1 aromatic carbocycles. The summed E-state index contributed by atoms with van der Waals surface area (Å²) in [5.41, 5.74) is 0.935. The van der Waals surface area contributed by atoms with E-state index in [2.05, 4.69) is 20.9 Å². The van der Waals surface area contributed by atoms with Crippen LogP contribution in [0.25, 0.3) is 0 Å². The number of hydrogen-bond donors (Lipinski definition) is 0. The largest absolute Gasteiger partial charge is 0.471 e. The molecular formula is C12H8BrClFNO. The first kappa shape index (κ1) is 12.3. The van der Waals surface area contributed by atoms with Gasteiger partial charge in [-0.25, -0.2) is 9.37 Å².